The van der Waals surface area contributed by atoms with E-state index >= 15 is 0 Å². The Kier molecular flexibility index (Phi) is 5.14. The van der Waals surface area contributed by atoms with Crippen molar-refractivity contribution in [2.45, 2.75) is 32.0 Å². The number of alkyl halides is 3. The van der Waals surface area contributed by atoms with Gasteiger partial charge in [-0.15, -0.1) is 0 Å². The van der Waals surface area contributed by atoms with Crippen LogP contribution in [0.2, 0.25) is 0 Å². The number of hydrogen-bond acceptors (Lipinski definition) is 3. The minimum Gasteiger partial charge on any atom is -0.481 e. The van der Waals surface area contributed by atoms with Crippen molar-refractivity contribution in [3.05, 3.63) is 29.8 Å². The van der Waals surface area contributed by atoms with Gasteiger partial charge in [-0.25, -0.2) is 0 Å². The topological polar surface area (TPSA) is 53.3 Å². The number of nitrogens with zero attached hydrogens (tertiary/aromatic N) is 2. The molecule has 7 heteroatoms. The van der Waals surface area contributed by atoms with Crippen molar-refractivity contribution in [2.75, 3.05) is 13.1 Å². The summed E-state index contributed by atoms with van der Waals surface area (Å²) in [4.78, 5) is 13.5. The second kappa shape index (κ2) is 6.90. The van der Waals surface area contributed by atoms with E-state index in [9.17, 15) is 18.0 Å². The maximum atomic E-state index is 12.8. The van der Waals surface area contributed by atoms with Crippen molar-refractivity contribution in [3.63, 3.8) is 0 Å². The first-order valence-corrected chi connectivity index (χ1v) is 7.33. The molecule has 23 heavy (non-hydrogen) atoms. The van der Waals surface area contributed by atoms with Gasteiger partial charge in [0.15, 0.2) is 6.10 Å². The Bertz CT molecular complexity index is 610. The van der Waals surface area contributed by atoms with E-state index in [1.807, 2.05) is 6.07 Å². The second-order valence-electron chi connectivity index (χ2n) is 5.56. The third kappa shape index (κ3) is 4.38. The molecule has 0 saturated carbocycles. The Balaban J connectivity index is 2.00. The van der Waals surface area contributed by atoms with Crippen LogP contribution >= 0.6 is 0 Å². The predicted molar refractivity (Wildman–Crippen MR) is 76.6 cm³/mol. The highest BCUT2D eigenvalue weighted by Crippen LogP contribution is 2.33. The molecule has 1 amide bonds. The quantitative estimate of drug-likeness (QED) is 0.857. The summed E-state index contributed by atoms with van der Waals surface area (Å²) in [6.07, 6.45) is -4.82. The Morgan fingerprint density at radius 1 is 1.48 bits per heavy atom. The lowest BCUT2D eigenvalue weighted by Gasteiger charge is -2.35. The van der Waals surface area contributed by atoms with Gasteiger partial charge in [0.25, 0.3) is 5.91 Å². The van der Waals surface area contributed by atoms with Crippen LogP contribution in [0.3, 0.4) is 0 Å². The molecule has 1 fully saturated rings. The van der Waals surface area contributed by atoms with Crippen LogP contribution in [0.25, 0.3) is 0 Å². The highest BCUT2D eigenvalue weighted by atomic mass is 19.4. The van der Waals surface area contributed by atoms with E-state index in [1.165, 1.54) is 17.9 Å². The monoisotopic (exact) mass is 326 g/mol. The number of halogens is 3. The van der Waals surface area contributed by atoms with E-state index < -0.39 is 24.1 Å². The zero-order chi connectivity index (χ0) is 17.0. The van der Waals surface area contributed by atoms with E-state index in [4.69, 9.17) is 10.00 Å². The minimum atomic E-state index is -4.29. The molecule has 1 saturated heterocycles. The average Bonchev–Trinajstić information content (AvgIpc) is 2.53. The summed E-state index contributed by atoms with van der Waals surface area (Å²) in [7, 11) is 0. The molecule has 0 bridgehead atoms. The van der Waals surface area contributed by atoms with Crippen LogP contribution in [0.5, 0.6) is 5.75 Å². The number of benzene rings is 1. The number of carbonyl (C=O) groups is 1. The maximum absolute atomic E-state index is 12.8. The Morgan fingerprint density at radius 3 is 2.87 bits per heavy atom. The Hall–Kier alpha value is -2.23. The van der Waals surface area contributed by atoms with Crippen LogP contribution in [0, 0.1) is 17.2 Å². The first-order chi connectivity index (χ1) is 10.8. The van der Waals surface area contributed by atoms with Crippen molar-refractivity contribution >= 4 is 5.91 Å². The molecular formula is C16H17F3N2O2. The summed E-state index contributed by atoms with van der Waals surface area (Å²) in [5.74, 6) is -1.61. The van der Waals surface area contributed by atoms with Crippen LogP contribution in [-0.4, -0.2) is 36.2 Å². The van der Waals surface area contributed by atoms with E-state index in [-0.39, 0.29) is 13.0 Å². The molecule has 1 aliphatic rings. The summed E-state index contributed by atoms with van der Waals surface area (Å²) in [5.41, 5.74) is 0.386. The number of ether oxygens (including phenoxy) is 1. The van der Waals surface area contributed by atoms with E-state index in [2.05, 4.69) is 0 Å². The number of hydrogen-bond donors (Lipinski definition) is 0. The highest BCUT2D eigenvalue weighted by molar-refractivity contribution is 5.81. The molecule has 1 aliphatic heterocycles. The van der Waals surface area contributed by atoms with Gasteiger partial charge in [0.1, 0.15) is 5.75 Å². The number of nitriles is 1. The van der Waals surface area contributed by atoms with Gasteiger partial charge < -0.3 is 9.64 Å². The van der Waals surface area contributed by atoms with Crippen molar-refractivity contribution in [1.29, 1.82) is 5.26 Å². The molecule has 0 aliphatic carbocycles. The molecule has 124 valence electrons. The number of likely N-dealkylation sites (tertiary alicyclic amines) is 1. The normalized spacial score (nSPS) is 19.8. The van der Waals surface area contributed by atoms with Gasteiger partial charge in [0, 0.05) is 13.1 Å². The summed E-state index contributed by atoms with van der Waals surface area (Å²) in [6, 6.07) is 8.25. The van der Waals surface area contributed by atoms with Gasteiger partial charge in [-0.05, 0) is 38.0 Å². The lowest BCUT2D eigenvalue weighted by molar-refractivity contribution is -0.189. The number of amides is 1. The average molecular weight is 326 g/mol. The third-order valence-electron chi connectivity index (χ3n) is 3.82. The summed E-state index contributed by atoms with van der Waals surface area (Å²) >= 11 is 0. The van der Waals surface area contributed by atoms with Crippen LogP contribution in [0.4, 0.5) is 13.2 Å². The number of rotatable bonds is 3. The van der Waals surface area contributed by atoms with Gasteiger partial charge in [-0.1, -0.05) is 6.07 Å². The smallest absolute Gasteiger partial charge is 0.393 e. The minimum absolute atomic E-state index is 0.0483. The lowest BCUT2D eigenvalue weighted by Crippen LogP contribution is -2.48. The molecule has 1 aromatic rings. The molecule has 0 unspecified atom stereocenters. The molecule has 0 radical (unpaired) electrons. The molecule has 4 nitrogen and oxygen atoms in total. The van der Waals surface area contributed by atoms with Gasteiger partial charge in [0.05, 0.1) is 17.6 Å². The molecule has 2 rings (SSSR count). The third-order valence-corrected chi connectivity index (χ3v) is 3.82. The standard InChI is InChI=1S/C16H17F3N2O2/c1-11(23-14-6-2-4-12(8-14)9-20)15(22)21-7-3-5-13(10-21)16(17,18)19/h2,4,6,8,11,13H,3,5,7,10H2,1H3/t11-,13+/m0/s1. The first-order valence-electron chi connectivity index (χ1n) is 7.33. The van der Waals surface area contributed by atoms with Crippen molar-refractivity contribution < 1.29 is 22.7 Å². The van der Waals surface area contributed by atoms with E-state index in [0.717, 1.165) is 0 Å². The van der Waals surface area contributed by atoms with Crippen LogP contribution in [-0.2, 0) is 4.79 Å². The Labute approximate surface area is 132 Å². The van der Waals surface area contributed by atoms with Crippen molar-refractivity contribution in [3.8, 4) is 11.8 Å². The fourth-order valence-corrected chi connectivity index (χ4v) is 2.60. The summed E-state index contributed by atoms with van der Waals surface area (Å²) < 4.78 is 43.9. The molecule has 1 heterocycles. The largest absolute Gasteiger partial charge is 0.481 e. The molecule has 2 atom stereocenters. The van der Waals surface area contributed by atoms with E-state index in [1.54, 1.807) is 18.2 Å². The fraction of sp³-hybridized carbons (Fsp3) is 0.500. The summed E-state index contributed by atoms with van der Waals surface area (Å²) in [5, 5.41) is 8.83. The van der Waals surface area contributed by atoms with Gasteiger partial charge in [-0.3, -0.25) is 4.79 Å². The zero-order valence-electron chi connectivity index (χ0n) is 12.6. The van der Waals surface area contributed by atoms with Gasteiger partial charge in [-0.2, -0.15) is 18.4 Å². The maximum Gasteiger partial charge on any atom is 0.393 e. The molecular weight excluding hydrogens is 309 g/mol. The van der Waals surface area contributed by atoms with Crippen molar-refractivity contribution in [2.24, 2.45) is 5.92 Å². The zero-order valence-corrected chi connectivity index (χ0v) is 12.6. The second-order valence-corrected chi connectivity index (χ2v) is 5.56. The molecule has 0 aromatic heterocycles. The fourth-order valence-electron chi connectivity index (χ4n) is 2.60. The number of carbonyl (C=O) groups excluding carboxylic acids is 1. The highest BCUT2D eigenvalue weighted by Gasteiger charge is 2.43. The van der Waals surface area contributed by atoms with Crippen LogP contribution in [0.1, 0.15) is 25.3 Å². The van der Waals surface area contributed by atoms with Gasteiger partial charge >= 0.3 is 6.18 Å². The first kappa shape index (κ1) is 17.1. The van der Waals surface area contributed by atoms with E-state index in [0.29, 0.717) is 24.3 Å². The Morgan fingerprint density at radius 2 is 2.22 bits per heavy atom. The number of piperidine rings is 1. The molecule has 1 aromatic carbocycles. The lowest BCUT2D eigenvalue weighted by atomic mass is 9.97. The van der Waals surface area contributed by atoms with Crippen LogP contribution in [0.15, 0.2) is 24.3 Å². The van der Waals surface area contributed by atoms with Crippen molar-refractivity contribution in [1.82, 2.24) is 4.90 Å². The molecule has 0 N–H and O–H groups in total. The SMILES string of the molecule is C[C@H](Oc1cccc(C#N)c1)C(=O)N1CCC[C@@H](C(F)(F)F)C1. The predicted octanol–water partition coefficient (Wildman–Crippen LogP) is 3.13. The van der Waals surface area contributed by atoms with Gasteiger partial charge in [0.2, 0.25) is 0 Å². The summed E-state index contributed by atoms with van der Waals surface area (Å²) in [6.45, 7) is 1.48. The molecule has 0 spiro atoms. The van der Waals surface area contributed by atoms with Crippen LogP contribution < -0.4 is 4.74 Å².